The highest BCUT2D eigenvalue weighted by Gasteiger charge is 2.39. The number of aryl methyl sites for hydroxylation is 2. The van der Waals surface area contributed by atoms with Crippen LogP contribution in [0.1, 0.15) is 22.3 Å². The molecule has 4 rings (SSSR count). The summed E-state index contributed by atoms with van der Waals surface area (Å²) in [5.41, 5.74) is 4.34. The van der Waals surface area contributed by atoms with Crippen molar-refractivity contribution in [3.05, 3.63) is 111 Å². The van der Waals surface area contributed by atoms with Crippen LogP contribution in [-0.4, -0.2) is 21.6 Å². The molecule has 0 spiro atoms. The second-order valence-corrected chi connectivity index (χ2v) is 7.73. The maximum Gasteiger partial charge on any atom is 0.278 e. The third-order valence-corrected chi connectivity index (χ3v) is 5.32. The third-order valence-electron chi connectivity index (χ3n) is 5.32. The number of imide groups is 1. The number of amides is 2. The van der Waals surface area contributed by atoms with Crippen molar-refractivity contribution in [1.82, 2.24) is 4.90 Å². The van der Waals surface area contributed by atoms with Crippen LogP contribution in [0.5, 0.6) is 0 Å². The predicted molar refractivity (Wildman–Crippen MR) is 122 cm³/mol. The number of non-ortho nitro benzene ring substituents is 1. The number of rotatable bonds is 6. The van der Waals surface area contributed by atoms with Crippen LogP contribution in [-0.2, 0) is 16.1 Å². The summed E-state index contributed by atoms with van der Waals surface area (Å²) in [6, 6.07) is 20.7. The Morgan fingerprint density at radius 3 is 1.94 bits per heavy atom. The first-order valence-electron chi connectivity index (χ1n) is 10.1. The Morgan fingerprint density at radius 2 is 1.38 bits per heavy atom. The number of hydrogen-bond donors (Lipinski definition) is 1. The lowest BCUT2D eigenvalue weighted by Crippen LogP contribution is -2.32. The molecule has 160 valence electrons. The van der Waals surface area contributed by atoms with Gasteiger partial charge in [-0.15, -0.1) is 0 Å². The lowest BCUT2D eigenvalue weighted by atomic mass is 10.0. The van der Waals surface area contributed by atoms with E-state index in [-0.39, 0.29) is 23.5 Å². The van der Waals surface area contributed by atoms with E-state index >= 15 is 0 Å². The number of carbonyl (C=O) groups excluding carboxylic acids is 2. The molecular weight excluding hydrogens is 406 g/mol. The summed E-state index contributed by atoms with van der Waals surface area (Å²) >= 11 is 0. The van der Waals surface area contributed by atoms with Crippen LogP contribution in [0.15, 0.2) is 78.5 Å². The third kappa shape index (κ3) is 4.13. The smallest absolute Gasteiger partial charge is 0.278 e. The highest BCUT2D eigenvalue weighted by Crippen LogP contribution is 2.32. The van der Waals surface area contributed by atoms with Gasteiger partial charge in [0.25, 0.3) is 17.5 Å². The fourth-order valence-corrected chi connectivity index (χ4v) is 3.51. The molecule has 0 aromatic heterocycles. The molecule has 0 saturated carbocycles. The Balaban J connectivity index is 1.73. The van der Waals surface area contributed by atoms with Gasteiger partial charge in [0.05, 0.1) is 17.0 Å². The largest absolute Gasteiger partial charge is 0.350 e. The van der Waals surface area contributed by atoms with Crippen LogP contribution in [0.25, 0.3) is 5.57 Å². The number of anilines is 1. The van der Waals surface area contributed by atoms with Crippen molar-refractivity contribution < 1.29 is 14.5 Å². The zero-order chi connectivity index (χ0) is 22.8. The molecule has 0 saturated heterocycles. The normalized spacial score (nSPS) is 13.6. The van der Waals surface area contributed by atoms with Gasteiger partial charge in [0.15, 0.2) is 0 Å². The summed E-state index contributed by atoms with van der Waals surface area (Å²) in [5.74, 6) is -0.886. The molecule has 0 aliphatic carbocycles. The van der Waals surface area contributed by atoms with Gasteiger partial charge < -0.3 is 5.32 Å². The van der Waals surface area contributed by atoms with Crippen LogP contribution >= 0.6 is 0 Å². The van der Waals surface area contributed by atoms with Gasteiger partial charge in [-0.2, -0.15) is 0 Å². The predicted octanol–water partition coefficient (Wildman–Crippen LogP) is 4.60. The Hall–Kier alpha value is -4.26. The summed E-state index contributed by atoms with van der Waals surface area (Å²) < 4.78 is 0. The molecule has 0 atom stereocenters. The number of benzene rings is 3. The second kappa shape index (κ2) is 8.47. The molecule has 0 bridgehead atoms. The fourth-order valence-electron chi connectivity index (χ4n) is 3.51. The molecule has 7 nitrogen and oxygen atoms in total. The average Bonchev–Trinajstić information content (AvgIpc) is 3.01. The minimum absolute atomic E-state index is 0.0873. The number of nitro benzene ring substituents is 1. The van der Waals surface area contributed by atoms with Gasteiger partial charge in [-0.05, 0) is 49.2 Å². The summed E-state index contributed by atoms with van der Waals surface area (Å²) in [5, 5.41) is 14.1. The van der Waals surface area contributed by atoms with E-state index in [0.717, 1.165) is 16.7 Å². The summed E-state index contributed by atoms with van der Waals surface area (Å²) in [6.07, 6.45) is 0. The van der Waals surface area contributed by atoms with Gasteiger partial charge in [-0.25, -0.2) is 0 Å². The van der Waals surface area contributed by atoms with E-state index in [4.69, 9.17) is 0 Å². The van der Waals surface area contributed by atoms with Crippen LogP contribution in [0.2, 0.25) is 0 Å². The van der Waals surface area contributed by atoms with Crippen LogP contribution < -0.4 is 5.32 Å². The van der Waals surface area contributed by atoms with E-state index in [1.165, 1.54) is 29.2 Å². The van der Waals surface area contributed by atoms with Crippen molar-refractivity contribution in [2.45, 2.75) is 20.4 Å². The van der Waals surface area contributed by atoms with Gasteiger partial charge in [0.2, 0.25) is 0 Å². The van der Waals surface area contributed by atoms with E-state index in [0.29, 0.717) is 11.3 Å². The first-order valence-corrected chi connectivity index (χ1v) is 10.1. The molecule has 1 heterocycles. The number of nitro groups is 1. The lowest BCUT2D eigenvalue weighted by Gasteiger charge is -2.15. The van der Waals surface area contributed by atoms with Gasteiger partial charge in [-0.1, -0.05) is 47.5 Å². The molecule has 1 N–H and O–H groups in total. The van der Waals surface area contributed by atoms with Crippen molar-refractivity contribution in [3.63, 3.8) is 0 Å². The van der Waals surface area contributed by atoms with Gasteiger partial charge in [0.1, 0.15) is 5.70 Å². The maximum atomic E-state index is 13.3. The highest BCUT2D eigenvalue weighted by atomic mass is 16.6. The quantitative estimate of drug-likeness (QED) is 0.352. The summed E-state index contributed by atoms with van der Waals surface area (Å²) in [7, 11) is 0. The minimum atomic E-state index is -0.505. The summed E-state index contributed by atoms with van der Waals surface area (Å²) in [4.78, 5) is 38.3. The molecule has 0 radical (unpaired) electrons. The van der Waals surface area contributed by atoms with Crippen molar-refractivity contribution in [1.29, 1.82) is 0 Å². The maximum absolute atomic E-state index is 13.3. The fraction of sp³-hybridized carbons (Fsp3) is 0.120. The minimum Gasteiger partial charge on any atom is -0.350 e. The second-order valence-electron chi connectivity index (χ2n) is 7.73. The zero-order valence-corrected chi connectivity index (χ0v) is 17.7. The molecule has 0 unspecified atom stereocenters. The van der Waals surface area contributed by atoms with Crippen LogP contribution in [0, 0.1) is 24.0 Å². The summed E-state index contributed by atoms with van der Waals surface area (Å²) in [6.45, 7) is 4.06. The SMILES string of the molecule is Cc1ccc(CN2C(=O)C(Nc3ccc(C)cc3)=C(c3ccc([N+](=O)[O-])cc3)C2=O)cc1. The average molecular weight is 427 g/mol. The monoisotopic (exact) mass is 427 g/mol. The zero-order valence-electron chi connectivity index (χ0n) is 17.7. The Bertz CT molecular complexity index is 1230. The van der Waals surface area contributed by atoms with Crippen molar-refractivity contribution in [2.75, 3.05) is 5.32 Å². The van der Waals surface area contributed by atoms with Gasteiger partial charge >= 0.3 is 0 Å². The number of nitrogens with one attached hydrogen (secondary N) is 1. The first kappa shape index (κ1) is 21.0. The Morgan fingerprint density at radius 1 is 0.812 bits per heavy atom. The molecule has 0 fully saturated rings. The number of carbonyl (C=O) groups is 2. The molecule has 32 heavy (non-hydrogen) atoms. The number of nitrogens with zero attached hydrogens (tertiary/aromatic N) is 2. The van der Waals surface area contributed by atoms with Gasteiger partial charge in [-0.3, -0.25) is 24.6 Å². The van der Waals surface area contributed by atoms with Crippen LogP contribution in [0.4, 0.5) is 11.4 Å². The van der Waals surface area contributed by atoms with Crippen molar-refractivity contribution in [2.24, 2.45) is 0 Å². The molecular formula is C25H21N3O4. The van der Waals surface area contributed by atoms with E-state index in [1.807, 2.05) is 62.4 Å². The molecule has 3 aromatic rings. The number of hydrogen-bond acceptors (Lipinski definition) is 5. The topological polar surface area (TPSA) is 92.6 Å². The Labute approximate surface area is 185 Å². The van der Waals surface area contributed by atoms with Crippen molar-refractivity contribution >= 4 is 28.8 Å². The molecule has 2 amide bonds. The van der Waals surface area contributed by atoms with E-state index in [1.54, 1.807) is 0 Å². The van der Waals surface area contributed by atoms with E-state index in [9.17, 15) is 19.7 Å². The molecule has 1 aliphatic rings. The van der Waals surface area contributed by atoms with E-state index in [2.05, 4.69) is 5.32 Å². The van der Waals surface area contributed by atoms with Crippen LogP contribution in [0.3, 0.4) is 0 Å². The highest BCUT2D eigenvalue weighted by molar-refractivity contribution is 6.36. The Kier molecular flexibility index (Phi) is 5.55. The van der Waals surface area contributed by atoms with E-state index < -0.39 is 16.7 Å². The molecule has 1 aliphatic heterocycles. The molecule has 7 heteroatoms. The van der Waals surface area contributed by atoms with Gasteiger partial charge in [0, 0.05) is 17.8 Å². The van der Waals surface area contributed by atoms with Crippen molar-refractivity contribution in [3.8, 4) is 0 Å². The standard InChI is InChI=1S/C25H21N3O4/c1-16-3-7-18(8-4-16)15-27-24(29)22(19-9-13-21(14-10-19)28(31)32)23(25(27)30)26-20-11-5-17(2)6-12-20/h3-14,26H,15H2,1-2H3. The lowest BCUT2D eigenvalue weighted by molar-refractivity contribution is -0.384. The molecule has 3 aromatic carbocycles. The first-order chi connectivity index (χ1) is 15.3.